The summed E-state index contributed by atoms with van der Waals surface area (Å²) < 4.78 is 2.71. The van der Waals surface area contributed by atoms with Crippen LogP contribution in [0.1, 0.15) is 16.7 Å². The van der Waals surface area contributed by atoms with Gasteiger partial charge in [0.05, 0.1) is 0 Å². The van der Waals surface area contributed by atoms with E-state index in [0.29, 0.717) is 0 Å². The molecule has 0 nitrogen and oxygen atoms in total. The van der Waals surface area contributed by atoms with Crippen LogP contribution in [0.15, 0.2) is 109 Å². The van der Waals surface area contributed by atoms with Gasteiger partial charge in [-0.3, -0.25) is 0 Å². The Morgan fingerprint density at radius 1 is 0.788 bits per heavy atom. The second-order valence-corrected chi connectivity index (χ2v) is 9.66. The Morgan fingerprint density at radius 2 is 1.64 bits per heavy atom. The molecule has 0 fully saturated rings. The molecule has 1 aromatic heterocycles. The third-order valence-electron chi connectivity index (χ3n) is 7.08. The van der Waals surface area contributed by atoms with Crippen molar-refractivity contribution in [2.24, 2.45) is 5.92 Å². The number of fused-ring (bicyclic) bond motifs is 7. The summed E-state index contributed by atoms with van der Waals surface area (Å²) in [5.41, 5.74) is 6.44. The van der Waals surface area contributed by atoms with Gasteiger partial charge in [0.1, 0.15) is 0 Å². The molecule has 2 aliphatic rings. The van der Waals surface area contributed by atoms with Crippen LogP contribution in [0.5, 0.6) is 0 Å². The Bertz CT molecular complexity index is 1560. The largest absolute Gasteiger partial charge is 0.228 e. The molecule has 33 heavy (non-hydrogen) atoms. The van der Waals surface area contributed by atoms with Gasteiger partial charge < -0.3 is 0 Å². The fraction of sp³-hybridized carbons (Fsp3) is 0.0645. The molecule has 155 valence electrons. The summed E-state index contributed by atoms with van der Waals surface area (Å²) in [6, 6.07) is 34.7. The van der Waals surface area contributed by atoms with Crippen molar-refractivity contribution in [1.29, 1.82) is 0 Å². The third-order valence-corrected chi connectivity index (χ3v) is 8.22. The summed E-state index contributed by atoms with van der Waals surface area (Å²) in [6.07, 6.45) is 11.2. The van der Waals surface area contributed by atoms with E-state index in [2.05, 4.69) is 122 Å². The molecule has 1 heterocycles. The van der Waals surface area contributed by atoms with Crippen LogP contribution in [0.4, 0.5) is 0 Å². The number of hydrogen-bond donors (Lipinski definition) is 0. The monoisotopic (exact) mass is 513 g/mol. The summed E-state index contributed by atoms with van der Waals surface area (Å²) >= 11 is 1.89. The van der Waals surface area contributed by atoms with Crippen LogP contribution in [-0.2, 0) is 38.1 Å². The first kappa shape index (κ1) is 21.1. The van der Waals surface area contributed by atoms with E-state index in [1.807, 2.05) is 11.3 Å². The smallest absolute Gasteiger partial charge is 0.0361 e. The fourth-order valence-electron chi connectivity index (χ4n) is 5.87. The molecule has 2 heteroatoms. The molecule has 0 N–H and O–H groups in total. The zero-order chi connectivity index (χ0) is 21.1. The summed E-state index contributed by atoms with van der Waals surface area (Å²) in [6.45, 7) is 0. The Kier molecular flexibility index (Phi) is 5.18. The van der Waals surface area contributed by atoms with E-state index in [4.69, 9.17) is 0 Å². The van der Waals surface area contributed by atoms with E-state index >= 15 is 0 Å². The van der Waals surface area contributed by atoms with Gasteiger partial charge in [-0.1, -0.05) is 54.4 Å². The molecule has 2 aliphatic carbocycles. The molecule has 2 atom stereocenters. The number of allylic oxidation sites excluding steroid dienone is 4. The molecule has 0 amide bonds. The molecule has 0 saturated heterocycles. The Morgan fingerprint density at radius 3 is 2.48 bits per heavy atom. The van der Waals surface area contributed by atoms with Crippen molar-refractivity contribution in [3.8, 4) is 11.1 Å². The number of benzene rings is 4. The number of hydrogen-bond acceptors (Lipinski definition) is 1. The van der Waals surface area contributed by atoms with Gasteiger partial charge in [0, 0.05) is 58.3 Å². The second-order valence-electron chi connectivity index (χ2n) is 8.58. The molecule has 7 rings (SSSR count). The summed E-state index contributed by atoms with van der Waals surface area (Å²) in [7, 11) is 0. The van der Waals surface area contributed by atoms with Crippen molar-refractivity contribution < 1.29 is 32.7 Å². The van der Waals surface area contributed by atoms with Gasteiger partial charge in [0.25, 0.3) is 0 Å². The Hall–Kier alpha value is -2.45. The topological polar surface area (TPSA) is 0 Å². The van der Waals surface area contributed by atoms with Crippen LogP contribution < -0.4 is 0 Å². The van der Waals surface area contributed by atoms with Crippen molar-refractivity contribution >= 4 is 31.5 Å². The number of thiophene rings is 1. The van der Waals surface area contributed by atoms with Crippen LogP contribution in [0.2, 0.25) is 0 Å². The quantitative estimate of drug-likeness (QED) is 0.209. The second kappa shape index (κ2) is 8.10. The molecular formula is C31H20SY-2. The van der Waals surface area contributed by atoms with E-state index in [0.717, 1.165) is 0 Å². The van der Waals surface area contributed by atoms with Crippen molar-refractivity contribution in [3.05, 3.63) is 138 Å². The molecule has 2 unspecified atom stereocenters. The van der Waals surface area contributed by atoms with Gasteiger partial charge in [-0.2, -0.15) is 30.3 Å². The molecule has 0 spiro atoms. The zero-order valence-corrected chi connectivity index (χ0v) is 21.7. The van der Waals surface area contributed by atoms with Crippen molar-refractivity contribution in [2.75, 3.05) is 0 Å². The molecule has 1 radical (unpaired) electrons. The molecule has 4 aromatic carbocycles. The van der Waals surface area contributed by atoms with Gasteiger partial charge in [-0.05, 0) is 34.4 Å². The average molecular weight is 513 g/mol. The molecule has 0 saturated carbocycles. The van der Waals surface area contributed by atoms with Gasteiger partial charge in [0.15, 0.2) is 0 Å². The van der Waals surface area contributed by atoms with Gasteiger partial charge in [-0.15, -0.1) is 29.1 Å². The van der Waals surface area contributed by atoms with Crippen LogP contribution in [0.3, 0.4) is 0 Å². The van der Waals surface area contributed by atoms with Crippen LogP contribution in [0.25, 0.3) is 31.3 Å². The zero-order valence-electron chi connectivity index (χ0n) is 18.0. The van der Waals surface area contributed by atoms with Gasteiger partial charge >= 0.3 is 0 Å². The predicted molar refractivity (Wildman–Crippen MR) is 136 cm³/mol. The molecule has 5 aromatic rings. The SMILES string of the molecule is [Y].[c-]1ccccc1C1(C2C=CC=C[CH-]2)c2ccccc2-c2c1ccc1sc3ccccc3c21. The third kappa shape index (κ3) is 2.86. The molecular weight excluding hydrogens is 493 g/mol. The summed E-state index contributed by atoms with van der Waals surface area (Å²) in [4.78, 5) is 0. The molecule has 0 bridgehead atoms. The van der Waals surface area contributed by atoms with Crippen LogP contribution in [-0.4, -0.2) is 0 Å². The predicted octanol–water partition coefficient (Wildman–Crippen LogP) is 8.11. The average Bonchev–Trinajstić information content (AvgIpc) is 3.39. The summed E-state index contributed by atoms with van der Waals surface area (Å²) in [5, 5.41) is 2.75. The minimum absolute atomic E-state index is 0. The van der Waals surface area contributed by atoms with E-state index in [-0.39, 0.29) is 44.0 Å². The van der Waals surface area contributed by atoms with E-state index in [9.17, 15) is 0 Å². The van der Waals surface area contributed by atoms with Crippen molar-refractivity contribution in [3.63, 3.8) is 0 Å². The minimum atomic E-state index is -0.300. The maximum atomic E-state index is 3.63. The Balaban J connectivity index is 0.00000206. The summed E-state index contributed by atoms with van der Waals surface area (Å²) in [5.74, 6) is 0.218. The van der Waals surface area contributed by atoms with Gasteiger partial charge in [-0.25, -0.2) is 18.6 Å². The minimum Gasteiger partial charge on any atom is -0.228 e. The van der Waals surface area contributed by atoms with Gasteiger partial charge in [0.2, 0.25) is 0 Å². The van der Waals surface area contributed by atoms with E-state index < -0.39 is 0 Å². The first-order chi connectivity index (χ1) is 15.9. The van der Waals surface area contributed by atoms with E-state index in [1.165, 1.54) is 48.0 Å². The fourth-order valence-corrected chi connectivity index (χ4v) is 6.98. The molecule has 0 aliphatic heterocycles. The Labute approximate surface area is 223 Å². The maximum absolute atomic E-state index is 3.63. The maximum Gasteiger partial charge on any atom is 0.0361 e. The first-order valence-corrected chi connectivity index (χ1v) is 11.9. The van der Waals surface area contributed by atoms with Crippen molar-refractivity contribution in [1.82, 2.24) is 0 Å². The normalized spacial score (nSPS) is 20.3. The number of rotatable bonds is 2. The first-order valence-electron chi connectivity index (χ1n) is 11.1. The van der Waals surface area contributed by atoms with E-state index in [1.54, 1.807) is 0 Å². The van der Waals surface area contributed by atoms with Crippen LogP contribution >= 0.6 is 11.3 Å². The van der Waals surface area contributed by atoms with Crippen LogP contribution in [0, 0.1) is 18.4 Å². The standard InChI is InChI=1S/C31H20S.Y/c1-3-11-21(12-4-1)31(22-13-5-2-6-14-22)25-17-9-7-15-23(25)29-26(31)19-20-28-30(29)24-16-8-10-18-27(24)32-28;/h1-13,15-21H;/q-2;. The van der Waals surface area contributed by atoms with Crippen molar-refractivity contribution in [2.45, 2.75) is 5.41 Å².